The van der Waals surface area contributed by atoms with Crippen LogP contribution in [0, 0.1) is 5.92 Å². The highest BCUT2D eigenvalue weighted by Crippen LogP contribution is 2.19. The first-order valence-electron chi connectivity index (χ1n) is 9.39. The Balaban J connectivity index is 0. The van der Waals surface area contributed by atoms with Gasteiger partial charge in [-0.2, -0.15) is 0 Å². The van der Waals surface area contributed by atoms with Gasteiger partial charge < -0.3 is 14.4 Å². The van der Waals surface area contributed by atoms with Gasteiger partial charge in [0.2, 0.25) is 5.91 Å². The zero-order chi connectivity index (χ0) is 19.7. The summed E-state index contributed by atoms with van der Waals surface area (Å²) in [5.41, 5.74) is 0.908. The first-order valence-corrected chi connectivity index (χ1v) is 9.39. The molecule has 0 saturated carbocycles. The Bertz CT molecular complexity index is 441. The van der Waals surface area contributed by atoms with Gasteiger partial charge in [0.1, 0.15) is 12.0 Å². The van der Waals surface area contributed by atoms with Gasteiger partial charge in [-0.05, 0) is 43.0 Å². The number of hydrogen-bond donors (Lipinski definition) is 0. The fourth-order valence-electron chi connectivity index (χ4n) is 1.67. The van der Waals surface area contributed by atoms with Gasteiger partial charge in [-0.25, -0.2) is 0 Å². The van der Waals surface area contributed by atoms with Crippen LogP contribution in [0.25, 0.3) is 0 Å². The van der Waals surface area contributed by atoms with Crippen LogP contribution in [-0.4, -0.2) is 25.8 Å². The van der Waals surface area contributed by atoms with Gasteiger partial charge in [0.25, 0.3) is 0 Å². The van der Waals surface area contributed by atoms with E-state index in [-0.39, 0.29) is 5.91 Å². The predicted octanol–water partition coefficient (Wildman–Crippen LogP) is 5.50. The second kappa shape index (κ2) is 17.0. The molecule has 0 aliphatic rings. The van der Waals surface area contributed by atoms with E-state index in [1.165, 1.54) is 0 Å². The Morgan fingerprint density at radius 3 is 2.04 bits per heavy atom. The summed E-state index contributed by atoms with van der Waals surface area (Å²) >= 11 is 0. The maximum atomic E-state index is 11.7. The maximum Gasteiger partial charge on any atom is 0.226 e. The van der Waals surface area contributed by atoms with Crippen molar-refractivity contribution in [1.82, 2.24) is 0 Å². The molecule has 0 heterocycles. The molecule has 0 aliphatic carbocycles. The molecule has 144 valence electrons. The van der Waals surface area contributed by atoms with Gasteiger partial charge in [-0.1, -0.05) is 41.5 Å². The zero-order valence-corrected chi connectivity index (χ0v) is 17.2. The standard InChI is InChI=1S/C15H23NO2.C4H8O.C2H6/c1-5-6-15(17)16(4)13-7-9-14(10-8-13)18-11-12(2)3;1-2-3-4-5;1-2/h7-10,12H,5-6,11H2,1-4H3;4H,2-3H2,1H3;1-2H3. The molecule has 1 aromatic carbocycles. The minimum atomic E-state index is 0.147. The fraction of sp³-hybridized carbons (Fsp3) is 0.619. The Hall–Kier alpha value is -1.84. The third kappa shape index (κ3) is 13.2. The first kappa shape index (κ1) is 25.4. The smallest absolute Gasteiger partial charge is 0.226 e. The van der Waals surface area contributed by atoms with Crippen molar-refractivity contribution in [3.63, 3.8) is 0 Å². The molecule has 4 heteroatoms. The lowest BCUT2D eigenvalue weighted by molar-refractivity contribution is -0.118. The van der Waals surface area contributed by atoms with Crippen molar-refractivity contribution in [3.8, 4) is 5.75 Å². The molecule has 25 heavy (non-hydrogen) atoms. The summed E-state index contributed by atoms with van der Waals surface area (Å²) in [6.07, 6.45) is 4.07. The van der Waals surface area contributed by atoms with Crippen LogP contribution in [0.2, 0.25) is 0 Å². The highest BCUT2D eigenvalue weighted by atomic mass is 16.5. The van der Waals surface area contributed by atoms with E-state index >= 15 is 0 Å². The molecule has 1 amide bonds. The van der Waals surface area contributed by atoms with Gasteiger partial charge >= 0.3 is 0 Å². The minimum absolute atomic E-state index is 0.147. The summed E-state index contributed by atoms with van der Waals surface area (Å²) in [7, 11) is 1.81. The fourth-order valence-corrected chi connectivity index (χ4v) is 1.67. The molecule has 0 fully saturated rings. The Labute approximate surface area is 154 Å². The molecule has 0 N–H and O–H groups in total. The van der Waals surface area contributed by atoms with Crippen LogP contribution in [0.3, 0.4) is 0 Å². The van der Waals surface area contributed by atoms with E-state index in [2.05, 4.69) is 13.8 Å². The molecule has 0 aromatic heterocycles. The monoisotopic (exact) mass is 351 g/mol. The van der Waals surface area contributed by atoms with E-state index in [4.69, 9.17) is 4.74 Å². The summed E-state index contributed by atoms with van der Waals surface area (Å²) in [4.78, 5) is 22.8. The first-order chi connectivity index (χ1) is 12.0. The SMILES string of the molecule is CC.CCCC(=O)N(C)c1ccc(OCC(C)C)cc1.CCCC=O. The molecule has 0 bridgehead atoms. The molecule has 1 rings (SSSR count). The van der Waals surface area contributed by atoms with Crippen molar-refractivity contribution in [2.75, 3.05) is 18.6 Å². The lowest BCUT2D eigenvalue weighted by atomic mass is 10.2. The number of amides is 1. The third-order valence-electron chi connectivity index (χ3n) is 3.05. The topological polar surface area (TPSA) is 46.6 Å². The summed E-state index contributed by atoms with van der Waals surface area (Å²) in [6, 6.07) is 7.66. The Kier molecular flexibility index (Phi) is 17.3. The van der Waals surface area contributed by atoms with Crippen LogP contribution in [0.5, 0.6) is 5.75 Å². The molecule has 0 unspecified atom stereocenters. The van der Waals surface area contributed by atoms with Crippen LogP contribution in [-0.2, 0) is 9.59 Å². The van der Waals surface area contributed by atoms with E-state index in [0.717, 1.165) is 30.6 Å². The van der Waals surface area contributed by atoms with Crippen LogP contribution in [0.4, 0.5) is 5.69 Å². The predicted molar refractivity (Wildman–Crippen MR) is 107 cm³/mol. The van der Waals surface area contributed by atoms with Gasteiger partial charge in [-0.3, -0.25) is 4.79 Å². The highest BCUT2D eigenvalue weighted by molar-refractivity contribution is 5.92. The van der Waals surface area contributed by atoms with Gasteiger partial charge in [-0.15, -0.1) is 0 Å². The molecule has 0 radical (unpaired) electrons. The van der Waals surface area contributed by atoms with Gasteiger partial charge in [0.05, 0.1) is 6.61 Å². The molecule has 4 nitrogen and oxygen atoms in total. The van der Waals surface area contributed by atoms with Crippen LogP contribution < -0.4 is 9.64 Å². The number of rotatable bonds is 8. The number of carbonyl (C=O) groups is 2. The summed E-state index contributed by atoms with van der Waals surface area (Å²) in [6.45, 7) is 12.9. The van der Waals surface area contributed by atoms with Crippen molar-refractivity contribution in [3.05, 3.63) is 24.3 Å². The highest BCUT2D eigenvalue weighted by Gasteiger charge is 2.09. The van der Waals surface area contributed by atoms with Crippen LogP contribution in [0.15, 0.2) is 24.3 Å². The summed E-state index contributed by atoms with van der Waals surface area (Å²) in [5, 5.41) is 0. The lowest BCUT2D eigenvalue weighted by Crippen LogP contribution is -2.25. The number of unbranched alkanes of at least 4 members (excludes halogenated alkanes) is 1. The van der Waals surface area contributed by atoms with Gasteiger partial charge in [0, 0.05) is 25.6 Å². The van der Waals surface area contributed by atoms with Crippen LogP contribution >= 0.6 is 0 Å². The van der Waals surface area contributed by atoms with Crippen molar-refractivity contribution in [2.24, 2.45) is 5.92 Å². The number of nitrogens with zero attached hydrogens (tertiary/aromatic N) is 1. The van der Waals surface area contributed by atoms with Gasteiger partial charge in [0.15, 0.2) is 0 Å². The average Bonchev–Trinajstić information content (AvgIpc) is 2.63. The summed E-state index contributed by atoms with van der Waals surface area (Å²) in [5.74, 6) is 1.51. The molecular weight excluding hydrogens is 314 g/mol. The molecule has 0 spiro atoms. The average molecular weight is 352 g/mol. The zero-order valence-electron chi connectivity index (χ0n) is 17.2. The van der Waals surface area contributed by atoms with Crippen LogP contribution in [0.1, 0.15) is 67.2 Å². The van der Waals surface area contributed by atoms with Crippen molar-refractivity contribution in [1.29, 1.82) is 0 Å². The second-order valence-electron chi connectivity index (χ2n) is 5.86. The Morgan fingerprint density at radius 1 is 1.12 bits per heavy atom. The van der Waals surface area contributed by atoms with E-state index in [1.54, 1.807) is 4.90 Å². The quantitative estimate of drug-likeness (QED) is 0.581. The van der Waals surface area contributed by atoms with E-state index in [1.807, 2.05) is 59.0 Å². The molecule has 0 saturated heterocycles. The number of ether oxygens (including phenoxy) is 1. The summed E-state index contributed by atoms with van der Waals surface area (Å²) < 4.78 is 5.61. The Morgan fingerprint density at radius 2 is 1.68 bits per heavy atom. The van der Waals surface area contributed by atoms with E-state index in [0.29, 0.717) is 25.4 Å². The molecule has 0 aliphatic heterocycles. The minimum Gasteiger partial charge on any atom is -0.493 e. The maximum absolute atomic E-state index is 11.7. The number of anilines is 1. The molecular formula is C21H37NO3. The van der Waals surface area contributed by atoms with E-state index < -0.39 is 0 Å². The van der Waals surface area contributed by atoms with Crippen molar-refractivity contribution < 1.29 is 14.3 Å². The molecule has 0 atom stereocenters. The normalized spacial score (nSPS) is 9.28. The molecule has 1 aromatic rings. The lowest BCUT2D eigenvalue weighted by Gasteiger charge is -2.17. The third-order valence-corrected chi connectivity index (χ3v) is 3.05. The number of benzene rings is 1. The largest absolute Gasteiger partial charge is 0.493 e. The van der Waals surface area contributed by atoms with E-state index in [9.17, 15) is 9.59 Å². The van der Waals surface area contributed by atoms with Crippen molar-refractivity contribution in [2.45, 2.75) is 67.2 Å². The van der Waals surface area contributed by atoms with Crippen molar-refractivity contribution >= 4 is 17.9 Å². The number of hydrogen-bond acceptors (Lipinski definition) is 3. The number of aldehydes is 1. The number of carbonyl (C=O) groups excluding carboxylic acids is 2. The second-order valence-corrected chi connectivity index (χ2v) is 5.86.